The summed E-state index contributed by atoms with van der Waals surface area (Å²) in [5, 5.41) is 7.67. The highest BCUT2D eigenvalue weighted by Gasteiger charge is 2.05. The van der Waals surface area contributed by atoms with Crippen LogP contribution in [0.1, 0.15) is 70.3 Å². The number of hydrogen-bond donors (Lipinski definition) is 2. The van der Waals surface area contributed by atoms with Crippen molar-refractivity contribution in [3.05, 3.63) is 29.8 Å². The summed E-state index contributed by atoms with van der Waals surface area (Å²) < 4.78 is 31.8. The van der Waals surface area contributed by atoms with Gasteiger partial charge in [-0.1, -0.05) is 64.0 Å². The third kappa shape index (κ3) is 14.9. The molecule has 0 aromatic heterocycles. The quantitative estimate of drug-likeness (QED) is 0.369. The summed E-state index contributed by atoms with van der Waals surface area (Å²) in [6.45, 7) is 3.90. The molecule has 0 saturated heterocycles. The second kappa shape index (κ2) is 15.2. The van der Waals surface area contributed by atoms with Gasteiger partial charge in [0.15, 0.2) is 0 Å². The highest BCUT2D eigenvalue weighted by atomic mass is 32.2. The van der Waals surface area contributed by atoms with Crippen molar-refractivity contribution in [1.29, 1.82) is 0 Å². The van der Waals surface area contributed by atoms with E-state index in [-0.39, 0.29) is 11.7 Å². The van der Waals surface area contributed by atoms with Crippen LogP contribution in [0.3, 0.4) is 0 Å². The van der Waals surface area contributed by atoms with E-state index in [0.29, 0.717) is 26.0 Å². The van der Waals surface area contributed by atoms with Crippen LogP contribution in [0, 0.1) is 0 Å². The molecular weight excluding hydrogens is 392 g/mol. The second-order valence-electron chi connectivity index (χ2n) is 7.16. The van der Waals surface area contributed by atoms with Crippen molar-refractivity contribution < 1.29 is 22.1 Å². The number of unbranched alkanes of at least 4 members (excludes halogenated alkanes) is 7. The average Bonchev–Trinajstić information content (AvgIpc) is 2.66. The van der Waals surface area contributed by atoms with Crippen LogP contribution in [-0.4, -0.2) is 34.1 Å². The van der Waals surface area contributed by atoms with Gasteiger partial charge >= 0.3 is 10.3 Å². The lowest BCUT2D eigenvalue weighted by Gasteiger charge is -2.07. The van der Waals surface area contributed by atoms with E-state index in [1.54, 1.807) is 12.1 Å². The summed E-state index contributed by atoms with van der Waals surface area (Å²) in [4.78, 5) is 11.8. The molecule has 0 fully saturated rings. The number of amides is 1. The molecule has 0 unspecified atom stereocenters. The summed E-state index contributed by atoms with van der Waals surface area (Å²) in [6.07, 6.45) is 11.1. The van der Waals surface area contributed by atoms with Crippen LogP contribution in [-0.2, 0) is 26.3 Å². The van der Waals surface area contributed by atoms with E-state index in [0.717, 1.165) is 18.6 Å². The Bertz CT molecular complexity index is 662. The van der Waals surface area contributed by atoms with Crippen molar-refractivity contribution in [3.8, 4) is 5.75 Å². The summed E-state index contributed by atoms with van der Waals surface area (Å²) >= 11 is 0. The fourth-order valence-corrected chi connectivity index (χ4v) is 3.26. The number of nitrogens with two attached hydrogens (primary N) is 1. The lowest BCUT2D eigenvalue weighted by molar-refractivity contribution is -0.122. The molecule has 8 heteroatoms. The minimum Gasteiger partial charge on any atom is -0.381 e. The first kappa shape index (κ1) is 25.4. The number of benzene rings is 1. The number of nitrogens with one attached hydrogen (secondary N) is 1. The normalized spacial score (nSPS) is 11.4. The molecule has 7 nitrogen and oxygen atoms in total. The first-order valence-electron chi connectivity index (χ1n) is 10.6. The van der Waals surface area contributed by atoms with Crippen molar-refractivity contribution in [1.82, 2.24) is 5.32 Å². The van der Waals surface area contributed by atoms with E-state index in [4.69, 9.17) is 9.88 Å². The molecule has 1 amide bonds. The summed E-state index contributed by atoms with van der Waals surface area (Å²) in [5.41, 5.74) is 0.956. The lowest BCUT2D eigenvalue weighted by Crippen LogP contribution is -2.26. The van der Waals surface area contributed by atoms with Gasteiger partial charge in [0.25, 0.3) is 0 Å². The lowest BCUT2D eigenvalue weighted by atomic mass is 10.1. The van der Waals surface area contributed by atoms with Crippen LogP contribution in [0.4, 0.5) is 0 Å². The summed E-state index contributed by atoms with van der Waals surface area (Å²) in [7, 11) is -4.01. The Morgan fingerprint density at radius 3 is 2.21 bits per heavy atom. The Morgan fingerprint density at radius 1 is 0.966 bits per heavy atom. The molecule has 0 atom stereocenters. The van der Waals surface area contributed by atoms with Crippen molar-refractivity contribution >= 4 is 16.2 Å². The van der Waals surface area contributed by atoms with Gasteiger partial charge in [0.05, 0.1) is 6.61 Å². The standard InChI is InChI=1S/C21H36N2O5S/c1-2-3-4-5-6-7-8-9-17-27-18-15-21(24)23-16-14-19-10-12-20(13-11-19)28-29(22,25)26/h10-13H,2-9,14-18H2,1H3,(H,23,24)(H2,22,25,26). The molecular formula is C21H36N2O5S. The van der Waals surface area contributed by atoms with Gasteiger partial charge in [0.2, 0.25) is 5.91 Å². The maximum atomic E-state index is 11.8. The Morgan fingerprint density at radius 2 is 1.59 bits per heavy atom. The first-order chi connectivity index (χ1) is 13.9. The zero-order valence-electron chi connectivity index (χ0n) is 17.5. The maximum Gasteiger partial charge on any atom is 0.380 e. The molecule has 3 N–H and O–H groups in total. The van der Waals surface area contributed by atoms with Crippen LogP contribution in [0.5, 0.6) is 5.75 Å². The van der Waals surface area contributed by atoms with E-state index in [1.807, 2.05) is 0 Å². The number of hydrogen-bond acceptors (Lipinski definition) is 5. The fraction of sp³-hybridized carbons (Fsp3) is 0.667. The van der Waals surface area contributed by atoms with Crippen molar-refractivity contribution in [2.24, 2.45) is 5.14 Å². The van der Waals surface area contributed by atoms with E-state index < -0.39 is 10.3 Å². The van der Waals surface area contributed by atoms with Gasteiger partial charge in [0, 0.05) is 19.6 Å². The van der Waals surface area contributed by atoms with Gasteiger partial charge in [-0.05, 0) is 30.5 Å². The van der Waals surface area contributed by atoms with E-state index >= 15 is 0 Å². The summed E-state index contributed by atoms with van der Waals surface area (Å²) in [5.74, 6) is 0.129. The van der Waals surface area contributed by atoms with Gasteiger partial charge < -0.3 is 14.2 Å². The maximum absolute atomic E-state index is 11.8. The Hall–Kier alpha value is -1.64. The molecule has 0 bridgehead atoms. The molecule has 1 aromatic rings. The Balaban J connectivity index is 1.99. The highest BCUT2D eigenvalue weighted by molar-refractivity contribution is 7.84. The molecule has 0 spiro atoms. The Kier molecular flexibility index (Phi) is 13.3. The van der Waals surface area contributed by atoms with Crippen LogP contribution in [0.2, 0.25) is 0 Å². The third-order valence-corrected chi connectivity index (χ3v) is 4.91. The number of ether oxygens (including phenoxy) is 1. The van der Waals surface area contributed by atoms with Gasteiger partial charge in [-0.15, -0.1) is 0 Å². The molecule has 0 heterocycles. The topological polar surface area (TPSA) is 108 Å². The summed E-state index contributed by atoms with van der Waals surface area (Å²) in [6, 6.07) is 6.53. The van der Waals surface area contributed by atoms with Crippen LogP contribution < -0.4 is 14.6 Å². The number of carbonyl (C=O) groups excluding carboxylic acids is 1. The molecule has 1 rings (SSSR count). The predicted octanol–water partition coefficient (Wildman–Crippen LogP) is 3.48. The number of rotatable bonds is 17. The minimum atomic E-state index is -4.01. The van der Waals surface area contributed by atoms with Crippen LogP contribution in [0.15, 0.2) is 24.3 Å². The molecule has 0 radical (unpaired) electrons. The van der Waals surface area contributed by atoms with Crippen molar-refractivity contribution in [2.45, 2.75) is 71.1 Å². The Labute approximate surface area is 175 Å². The predicted molar refractivity (Wildman–Crippen MR) is 115 cm³/mol. The first-order valence-corrected chi connectivity index (χ1v) is 12.0. The molecule has 166 valence electrons. The minimum absolute atomic E-state index is 0.0323. The smallest absolute Gasteiger partial charge is 0.380 e. The zero-order valence-corrected chi connectivity index (χ0v) is 18.3. The van der Waals surface area contributed by atoms with Crippen molar-refractivity contribution in [3.63, 3.8) is 0 Å². The van der Waals surface area contributed by atoms with Crippen molar-refractivity contribution in [2.75, 3.05) is 19.8 Å². The van der Waals surface area contributed by atoms with Gasteiger partial charge in [0.1, 0.15) is 5.75 Å². The molecule has 0 saturated carbocycles. The van der Waals surface area contributed by atoms with Crippen LogP contribution >= 0.6 is 0 Å². The van der Waals surface area contributed by atoms with E-state index in [1.165, 1.54) is 57.1 Å². The van der Waals surface area contributed by atoms with Gasteiger partial charge in [-0.2, -0.15) is 13.6 Å². The van der Waals surface area contributed by atoms with Gasteiger partial charge in [-0.25, -0.2) is 0 Å². The molecule has 29 heavy (non-hydrogen) atoms. The highest BCUT2D eigenvalue weighted by Crippen LogP contribution is 2.13. The van der Waals surface area contributed by atoms with E-state index in [2.05, 4.69) is 16.4 Å². The SMILES string of the molecule is CCCCCCCCCCOCCC(=O)NCCc1ccc(OS(N)(=O)=O)cc1. The molecule has 0 aliphatic carbocycles. The second-order valence-corrected chi connectivity index (χ2v) is 8.31. The largest absolute Gasteiger partial charge is 0.381 e. The molecule has 0 aliphatic rings. The monoisotopic (exact) mass is 428 g/mol. The van der Waals surface area contributed by atoms with Crippen LogP contribution in [0.25, 0.3) is 0 Å². The van der Waals surface area contributed by atoms with E-state index in [9.17, 15) is 13.2 Å². The molecule has 1 aromatic carbocycles. The fourth-order valence-electron chi connectivity index (χ4n) is 2.89. The van der Waals surface area contributed by atoms with Gasteiger partial charge in [-0.3, -0.25) is 4.79 Å². The number of carbonyl (C=O) groups is 1. The average molecular weight is 429 g/mol. The zero-order chi connectivity index (χ0) is 21.4. The molecule has 0 aliphatic heterocycles. The third-order valence-electron chi connectivity index (χ3n) is 4.49.